The van der Waals surface area contributed by atoms with Crippen molar-refractivity contribution >= 4 is 11.0 Å². The van der Waals surface area contributed by atoms with E-state index in [0.29, 0.717) is 13.2 Å². The topological polar surface area (TPSA) is 45.5 Å². The first-order valence-corrected chi connectivity index (χ1v) is 11.1. The van der Waals surface area contributed by atoms with Crippen LogP contribution in [-0.2, 0) is 13.2 Å². The van der Waals surface area contributed by atoms with Crippen molar-refractivity contribution in [2.24, 2.45) is 0 Å². The Morgan fingerprint density at radius 2 is 1.59 bits per heavy atom. The maximum Gasteiger partial charge on any atom is 0.147 e. The second kappa shape index (κ2) is 10.2. The van der Waals surface area contributed by atoms with Crippen molar-refractivity contribution in [3.8, 4) is 17.2 Å². The molecular formula is C27H30N2O3. The van der Waals surface area contributed by atoms with Gasteiger partial charge in [-0.05, 0) is 80.3 Å². The molecule has 0 bridgehead atoms. The van der Waals surface area contributed by atoms with Crippen molar-refractivity contribution in [1.82, 2.24) is 9.55 Å². The zero-order valence-corrected chi connectivity index (χ0v) is 19.0. The number of hydrogen-bond donors (Lipinski definition) is 0. The molecule has 1 heterocycles. The Bertz CT molecular complexity index is 1170. The van der Waals surface area contributed by atoms with Crippen LogP contribution in [-0.4, -0.2) is 23.3 Å². The van der Waals surface area contributed by atoms with E-state index in [1.165, 1.54) is 11.1 Å². The van der Waals surface area contributed by atoms with Gasteiger partial charge in [0, 0.05) is 6.54 Å². The van der Waals surface area contributed by atoms with Crippen LogP contribution >= 0.6 is 0 Å². The second-order valence-electron chi connectivity index (χ2n) is 7.89. The standard InChI is InChI=1S/C27H30N2O3/c1-20-9-8-12-26(21(20)2)31-18-7-6-17-29-25-11-5-4-10-24(25)28-27(29)19-32-23-15-13-22(30-3)14-16-23/h4-5,8-16H,6-7,17-19H2,1-3H3. The molecule has 0 aliphatic rings. The molecule has 3 aromatic carbocycles. The molecule has 1 aromatic heterocycles. The molecule has 0 unspecified atom stereocenters. The molecule has 4 rings (SSSR count). The van der Waals surface area contributed by atoms with Crippen LogP contribution in [0.2, 0.25) is 0 Å². The zero-order chi connectivity index (χ0) is 22.3. The predicted molar refractivity (Wildman–Crippen MR) is 128 cm³/mol. The average molecular weight is 431 g/mol. The Hall–Kier alpha value is -3.47. The van der Waals surface area contributed by atoms with Crippen LogP contribution in [0, 0.1) is 13.8 Å². The van der Waals surface area contributed by atoms with Crippen LogP contribution in [0.25, 0.3) is 11.0 Å². The normalized spacial score (nSPS) is 11.0. The third-order valence-electron chi connectivity index (χ3n) is 5.75. The first-order valence-electron chi connectivity index (χ1n) is 11.1. The molecule has 0 radical (unpaired) electrons. The van der Waals surface area contributed by atoms with Crippen LogP contribution in [0.3, 0.4) is 0 Å². The van der Waals surface area contributed by atoms with E-state index in [0.717, 1.165) is 53.5 Å². The summed E-state index contributed by atoms with van der Waals surface area (Å²) in [5.74, 6) is 3.52. The lowest BCUT2D eigenvalue weighted by Crippen LogP contribution is -2.09. The highest BCUT2D eigenvalue weighted by atomic mass is 16.5. The first-order chi connectivity index (χ1) is 15.7. The van der Waals surface area contributed by atoms with Gasteiger partial charge >= 0.3 is 0 Å². The van der Waals surface area contributed by atoms with Gasteiger partial charge in [-0.15, -0.1) is 0 Å². The summed E-state index contributed by atoms with van der Waals surface area (Å²) in [5.41, 5.74) is 4.60. The van der Waals surface area contributed by atoms with Gasteiger partial charge in [0.25, 0.3) is 0 Å². The van der Waals surface area contributed by atoms with Crippen molar-refractivity contribution in [2.75, 3.05) is 13.7 Å². The lowest BCUT2D eigenvalue weighted by Gasteiger charge is -2.12. The number of aromatic nitrogens is 2. The van der Waals surface area contributed by atoms with Crippen molar-refractivity contribution in [3.05, 3.63) is 83.7 Å². The van der Waals surface area contributed by atoms with Gasteiger partial charge in [0.05, 0.1) is 24.8 Å². The van der Waals surface area contributed by atoms with E-state index in [1.807, 2.05) is 48.5 Å². The van der Waals surface area contributed by atoms with Gasteiger partial charge in [-0.2, -0.15) is 0 Å². The van der Waals surface area contributed by atoms with Gasteiger partial charge in [-0.25, -0.2) is 4.98 Å². The van der Waals surface area contributed by atoms with Crippen LogP contribution in [0.1, 0.15) is 29.8 Å². The average Bonchev–Trinajstić information content (AvgIpc) is 3.18. The van der Waals surface area contributed by atoms with Crippen LogP contribution in [0.4, 0.5) is 0 Å². The number of imidazole rings is 1. The number of unbranched alkanes of at least 4 members (excludes halogenated alkanes) is 1. The molecular weight excluding hydrogens is 400 g/mol. The summed E-state index contributed by atoms with van der Waals surface area (Å²) in [5, 5.41) is 0. The Labute approximate surface area is 189 Å². The van der Waals surface area contributed by atoms with Crippen molar-refractivity contribution in [1.29, 1.82) is 0 Å². The number of nitrogens with zero attached hydrogens (tertiary/aromatic N) is 2. The maximum atomic E-state index is 6.02. The molecule has 32 heavy (non-hydrogen) atoms. The summed E-state index contributed by atoms with van der Waals surface area (Å²) in [4.78, 5) is 4.81. The number of aryl methyl sites for hydroxylation is 2. The number of rotatable bonds is 10. The van der Waals surface area contributed by atoms with Crippen LogP contribution in [0.5, 0.6) is 17.2 Å². The van der Waals surface area contributed by atoms with E-state index in [9.17, 15) is 0 Å². The molecule has 166 valence electrons. The quantitative estimate of drug-likeness (QED) is 0.285. The number of para-hydroxylation sites is 2. The minimum absolute atomic E-state index is 0.417. The monoisotopic (exact) mass is 430 g/mol. The Kier molecular flexibility index (Phi) is 6.95. The fraction of sp³-hybridized carbons (Fsp3) is 0.296. The molecule has 0 N–H and O–H groups in total. The molecule has 0 aliphatic heterocycles. The number of fused-ring (bicyclic) bond motifs is 1. The molecule has 0 saturated carbocycles. The van der Waals surface area contributed by atoms with Gasteiger partial charge in [0.1, 0.15) is 29.7 Å². The highest BCUT2D eigenvalue weighted by molar-refractivity contribution is 5.75. The third kappa shape index (κ3) is 5.05. The Morgan fingerprint density at radius 3 is 2.41 bits per heavy atom. The maximum absolute atomic E-state index is 6.02. The molecule has 5 nitrogen and oxygen atoms in total. The smallest absolute Gasteiger partial charge is 0.147 e. The summed E-state index contributed by atoms with van der Waals surface area (Å²) < 4.78 is 19.5. The molecule has 4 aromatic rings. The largest absolute Gasteiger partial charge is 0.497 e. The second-order valence-corrected chi connectivity index (χ2v) is 7.89. The van der Waals surface area contributed by atoms with Gasteiger partial charge in [0.15, 0.2) is 0 Å². The predicted octanol–water partition coefficient (Wildman–Crippen LogP) is 6.10. The summed E-state index contributed by atoms with van der Waals surface area (Å²) >= 11 is 0. The van der Waals surface area contributed by atoms with E-state index in [-0.39, 0.29) is 0 Å². The Morgan fingerprint density at radius 1 is 0.812 bits per heavy atom. The van der Waals surface area contributed by atoms with Gasteiger partial charge in [-0.3, -0.25) is 0 Å². The summed E-state index contributed by atoms with van der Waals surface area (Å²) in [6, 6.07) is 22.1. The van der Waals surface area contributed by atoms with Gasteiger partial charge < -0.3 is 18.8 Å². The highest BCUT2D eigenvalue weighted by Gasteiger charge is 2.11. The van der Waals surface area contributed by atoms with E-state index >= 15 is 0 Å². The lowest BCUT2D eigenvalue weighted by molar-refractivity contribution is 0.284. The van der Waals surface area contributed by atoms with Crippen LogP contribution < -0.4 is 14.2 Å². The zero-order valence-electron chi connectivity index (χ0n) is 19.0. The fourth-order valence-electron chi connectivity index (χ4n) is 3.74. The third-order valence-corrected chi connectivity index (χ3v) is 5.75. The molecule has 0 amide bonds. The molecule has 0 aliphatic carbocycles. The first kappa shape index (κ1) is 21.8. The SMILES string of the molecule is COc1ccc(OCc2nc3ccccc3n2CCCCOc2cccc(C)c2C)cc1. The highest BCUT2D eigenvalue weighted by Crippen LogP contribution is 2.22. The van der Waals surface area contributed by atoms with Gasteiger partial charge in [0.2, 0.25) is 0 Å². The minimum Gasteiger partial charge on any atom is -0.497 e. The number of benzene rings is 3. The molecule has 0 spiro atoms. The lowest BCUT2D eigenvalue weighted by atomic mass is 10.1. The van der Waals surface area contributed by atoms with Crippen molar-refractivity contribution in [3.63, 3.8) is 0 Å². The molecule has 0 atom stereocenters. The van der Waals surface area contributed by atoms with Crippen molar-refractivity contribution in [2.45, 2.75) is 39.8 Å². The number of methoxy groups -OCH3 is 1. The van der Waals surface area contributed by atoms with E-state index < -0.39 is 0 Å². The fourth-order valence-corrected chi connectivity index (χ4v) is 3.74. The minimum atomic E-state index is 0.417. The van der Waals surface area contributed by atoms with E-state index in [2.05, 4.69) is 36.6 Å². The summed E-state index contributed by atoms with van der Waals surface area (Å²) in [6.07, 6.45) is 1.97. The van der Waals surface area contributed by atoms with E-state index in [4.69, 9.17) is 19.2 Å². The molecule has 5 heteroatoms. The Balaban J connectivity index is 1.38. The van der Waals surface area contributed by atoms with Gasteiger partial charge in [-0.1, -0.05) is 24.3 Å². The van der Waals surface area contributed by atoms with Crippen LogP contribution in [0.15, 0.2) is 66.7 Å². The summed E-state index contributed by atoms with van der Waals surface area (Å²) in [6.45, 7) is 6.21. The number of ether oxygens (including phenoxy) is 3. The molecule has 0 fully saturated rings. The van der Waals surface area contributed by atoms with E-state index in [1.54, 1.807) is 7.11 Å². The molecule has 0 saturated heterocycles. The number of hydrogen-bond acceptors (Lipinski definition) is 4. The van der Waals surface area contributed by atoms with Crippen molar-refractivity contribution < 1.29 is 14.2 Å². The summed E-state index contributed by atoms with van der Waals surface area (Å²) in [7, 11) is 1.66.